The molecule has 5 heterocycles. The number of halogens is 3. The van der Waals surface area contributed by atoms with Crippen LogP contribution in [0.5, 0.6) is 0 Å². The van der Waals surface area contributed by atoms with E-state index >= 15 is 0 Å². The summed E-state index contributed by atoms with van der Waals surface area (Å²) in [6.07, 6.45) is -2.33. The van der Waals surface area contributed by atoms with Crippen molar-refractivity contribution in [2.24, 2.45) is 0 Å². The fourth-order valence-electron chi connectivity index (χ4n) is 7.12. The summed E-state index contributed by atoms with van der Waals surface area (Å²) < 4.78 is 47.3. The Kier molecular flexibility index (Phi) is 10.6. The van der Waals surface area contributed by atoms with Gasteiger partial charge in [0.25, 0.3) is 11.8 Å². The Labute approximate surface area is 309 Å². The molecule has 16 heteroatoms. The first kappa shape index (κ1) is 36.9. The molecule has 2 aromatic heterocycles. The fraction of sp³-hybridized carbons (Fsp3) is 0.368. The van der Waals surface area contributed by atoms with E-state index in [-0.39, 0.29) is 19.0 Å². The van der Waals surface area contributed by atoms with Gasteiger partial charge in [0.15, 0.2) is 0 Å². The maximum atomic E-state index is 14.4. The van der Waals surface area contributed by atoms with Crippen molar-refractivity contribution in [3.8, 4) is 5.69 Å². The van der Waals surface area contributed by atoms with Gasteiger partial charge in [0.2, 0.25) is 11.7 Å². The number of carbonyl (C=O) groups is 3. The van der Waals surface area contributed by atoms with E-state index in [1.54, 1.807) is 29.9 Å². The minimum Gasteiger partial charge on any atom is -0.378 e. The molecule has 2 aromatic carbocycles. The number of anilines is 1. The Bertz CT molecular complexity index is 2030. The molecular weight excluding hydrogens is 703 g/mol. The Balaban J connectivity index is 1.13. The minimum absolute atomic E-state index is 0.161. The molecule has 3 aliphatic heterocycles. The first-order valence-corrected chi connectivity index (χ1v) is 17.8. The Morgan fingerprint density at radius 3 is 2.46 bits per heavy atom. The van der Waals surface area contributed by atoms with Crippen molar-refractivity contribution in [3.05, 3.63) is 113 Å². The maximum Gasteiger partial charge on any atom is 0.433 e. The van der Waals surface area contributed by atoms with Crippen molar-refractivity contribution >= 4 is 23.5 Å². The van der Waals surface area contributed by atoms with Crippen molar-refractivity contribution in [2.75, 3.05) is 57.4 Å². The zero-order chi connectivity index (χ0) is 38.0. The molecule has 282 valence electrons. The van der Waals surface area contributed by atoms with Crippen LogP contribution < -0.4 is 15.5 Å². The molecule has 54 heavy (non-hydrogen) atoms. The molecule has 0 aliphatic carbocycles. The lowest BCUT2D eigenvalue weighted by atomic mass is 9.82. The molecule has 0 unspecified atom stereocenters. The van der Waals surface area contributed by atoms with Gasteiger partial charge >= 0.3 is 6.18 Å². The molecule has 4 aromatic rings. The van der Waals surface area contributed by atoms with Crippen molar-refractivity contribution in [1.82, 2.24) is 40.2 Å². The van der Waals surface area contributed by atoms with Gasteiger partial charge in [-0.05, 0) is 36.2 Å². The average Bonchev–Trinajstić information content (AvgIpc) is 3.58. The third-order valence-corrected chi connectivity index (χ3v) is 10.0. The first-order valence-electron chi connectivity index (χ1n) is 17.8. The number of carbonyl (C=O) groups excluding carboxylic acids is 3. The fourth-order valence-corrected chi connectivity index (χ4v) is 7.12. The quantitative estimate of drug-likeness (QED) is 0.222. The molecule has 2 saturated heterocycles. The summed E-state index contributed by atoms with van der Waals surface area (Å²) in [5.41, 5.74) is 1.81. The number of fused-ring (bicyclic) bond motifs is 1. The Hall–Kier alpha value is -5.45. The lowest BCUT2D eigenvalue weighted by molar-refractivity contribution is -0.141. The molecule has 2 atom stereocenters. The molecule has 3 aliphatic rings. The predicted octanol–water partition coefficient (Wildman–Crippen LogP) is 3.17. The van der Waals surface area contributed by atoms with Crippen LogP contribution in [0.25, 0.3) is 5.69 Å². The summed E-state index contributed by atoms with van der Waals surface area (Å²) in [7, 11) is 0. The third kappa shape index (κ3) is 7.62. The van der Waals surface area contributed by atoms with Crippen molar-refractivity contribution in [3.63, 3.8) is 0 Å². The van der Waals surface area contributed by atoms with Gasteiger partial charge in [0.1, 0.15) is 17.6 Å². The van der Waals surface area contributed by atoms with Crippen LogP contribution >= 0.6 is 0 Å². The highest BCUT2D eigenvalue weighted by molar-refractivity contribution is 6.04. The van der Waals surface area contributed by atoms with Gasteiger partial charge in [-0.3, -0.25) is 29.1 Å². The van der Waals surface area contributed by atoms with E-state index < -0.39 is 41.5 Å². The molecule has 3 amide bonds. The molecule has 13 nitrogen and oxygen atoms in total. The highest BCUT2D eigenvalue weighted by Gasteiger charge is 2.45. The van der Waals surface area contributed by atoms with Gasteiger partial charge in [0, 0.05) is 69.1 Å². The highest BCUT2D eigenvalue weighted by atomic mass is 19.4. The Morgan fingerprint density at radius 1 is 1.02 bits per heavy atom. The van der Waals surface area contributed by atoms with Crippen LogP contribution in [0.3, 0.4) is 0 Å². The third-order valence-electron chi connectivity index (χ3n) is 10.0. The van der Waals surface area contributed by atoms with E-state index in [2.05, 4.69) is 42.1 Å². The van der Waals surface area contributed by atoms with Gasteiger partial charge in [-0.25, -0.2) is 14.6 Å². The highest BCUT2D eigenvalue weighted by Crippen LogP contribution is 2.41. The van der Waals surface area contributed by atoms with Crippen LogP contribution in [0.2, 0.25) is 0 Å². The van der Waals surface area contributed by atoms with Gasteiger partial charge in [-0.2, -0.15) is 18.3 Å². The van der Waals surface area contributed by atoms with Crippen LogP contribution in [0, 0.1) is 0 Å². The van der Waals surface area contributed by atoms with Crippen molar-refractivity contribution < 1.29 is 32.3 Å². The van der Waals surface area contributed by atoms with Crippen molar-refractivity contribution in [2.45, 2.75) is 37.6 Å². The van der Waals surface area contributed by atoms with Crippen LogP contribution in [-0.2, 0) is 27.0 Å². The Morgan fingerprint density at radius 2 is 1.78 bits per heavy atom. The van der Waals surface area contributed by atoms with E-state index in [4.69, 9.17) is 4.74 Å². The van der Waals surface area contributed by atoms with Crippen LogP contribution in [0.15, 0.2) is 85.2 Å². The number of hydrogen-bond acceptors (Lipinski definition) is 9. The summed E-state index contributed by atoms with van der Waals surface area (Å²) in [6.45, 7) is 11.7. The number of hydrogen-bond donors (Lipinski definition) is 2. The van der Waals surface area contributed by atoms with E-state index in [0.717, 1.165) is 51.2 Å². The molecule has 0 saturated carbocycles. The zero-order valence-electron chi connectivity index (χ0n) is 29.6. The van der Waals surface area contributed by atoms with E-state index in [9.17, 15) is 27.6 Å². The second-order valence-electron chi connectivity index (χ2n) is 13.5. The van der Waals surface area contributed by atoms with Crippen LogP contribution in [0.4, 0.5) is 19.0 Å². The average molecular weight is 744 g/mol. The molecule has 0 bridgehead atoms. The summed E-state index contributed by atoms with van der Waals surface area (Å²) in [6, 6.07) is 16.4. The summed E-state index contributed by atoms with van der Waals surface area (Å²) in [5, 5.41) is 10.2. The molecular formula is C38H40F3N9O4. The van der Waals surface area contributed by atoms with E-state index in [0.29, 0.717) is 46.9 Å². The van der Waals surface area contributed by atoms with Gasteiger partial charge < -0.3 is 15.4 Å². The van der Waals surface area contributed by atoms with E-state index in [1.165, 1.54) is 4.90 Å². The minimum atomic E-state index is -4.80. The van der Waals surface area contributed by atoms with E-state index in [1.807, 2.05) is 42.5 Å². The van der Waals surface area contributed by atoms with Crippen molar-refractivity contribution in [1.29, 1.82) is 0 Å². The second kappa shape index (κ2) is 15.5. The lowest BCUT2D eigenvalue weighted by Crippen LogP contribution is -2.56. The smallest absolute Gasteiger partial charge is 0.378 e. The maximum absolute atomic E-state index is 14.4. The standard InChI is InChI=1S/C38H40F3N9O4/c1-3-49-36-29(20-44-50(36)27-10-5-4-6-11-27)31(32(37(49)53)46-35(52)33-42-13-12-30(45-33)38(39,40)41)26-9-7-8-25(18-26)19-43-34(51)24(2)21-47-14-16-48(17-15-47)28-22-54-23-28/h4-13,18,20,28,31-32H,2-3,14-17,19,21-23H2,1H3,(H,43,51)(H,46,52)/t31-,32+/m0/s1. The molecule has 2 fully saturated rings. The number of para-hydroxylation sites is 1. The molecule has 0 radical (unpaired) electrons. The number of alkyl halides is 3. The summed E-state index contributed by atoms with van der Waals surface area (Å²) in [5.74, 6) is -2.87. The SMILES string of the molecule is C=C(CN1CCN(C2COC2)CC1)C(=O)NCc1cccc([C@H]2c3cnn(-c4ccccc4)c3N(CC)C(=O)[C@@H]2NC(=O)c2nccc(C(F)(F)F)n2)c1. The van der Waals surface area contributed by atoms with Crippen LogP contribution in [0.1, 0.15) is 45.8 Å². The van der Waals surface area contributed by atoms with Crippen LogP contribution in [-0.4, -0.2) is 112 Å². The number of likely N-dealkylation sites (N-methyl/N-ethyl adjacent to an activating group) is 1. The monoisotopic (exact) mass is 743 g/mol. The molecule has 0 spiro atoms. The lowest BCUT2D eigenvalue weighted by Gasteiger charge is -2.42. The predicted molar refractivity (Wildman–Crippen MR) is 192 cm³/mol. The summed E-state index contributed by atoms with van der Waals surface area (Å²) >= 11 is 0. The normalized spacial score (nSPS) is 19.6. The van der Waals surface area contributed by atoms with Gasteiger partial charge in [-0.1, -0.05) is 49.0 Å². The molecule has 7 rings (SSSR count). The number of nitrogens with one attached hydrogen (secondary N) is 2. The van der Waals surface area contributed by atoms with Gasteiger partial charge in [-0.15, -0.1) is 0 Å². The number of aromatic nitrogens is 4. The number of piperazine rings is 1. The largest absolute Gasteiger partial charge is 0.433 e. The second-order valence-corrected chi connectivity index (χ2v) is 13.5. The number of amides is 3. The number of rotatable bonds is 11. The van der Waals surface area contributed by atoms with Gasteiger partial charge in [0.05, 0.1) is 31.1 Å². The number of benzene rings is 2. The topological polar surface area (TPSA) is 138 Å². The molecule has 2 N–H and O–H groups in total. The zero-order valence-corrected chi connectivity index (χ0v) is 29.6. The first-order chi connectivity index (χ1) is 26.0. The number of ether oxygens (including phenoxy) is 1. The number of nitrogens with zero attached hydrogens (tertiary/aromatic N) is 7. The summed E-state index contributed by atoms with van der Waals surface area (Å²) in [4.78, 5) is 54.3.